The van der Waals surface area contributed by atoms with Crippen LogP contribution in [-0.2, 0) is 21.2 Å². The first-order valence-electron chi connectivity index (χ1n) is 14.5. The van der Waals surface area contributed by atoms with Crippen molar-refractivity contribution < 1.29 is 27.9 Å². The third kappa shape index (κ3) is 7.94. The van der Waals surface area contributed by atoms with E-state index in [-0.39, 0.29) is 54.9 Å². The molecule has 0 saturated heterocycles. The molecule has 2 aromatic rings. The molecule has 42 heavy (non-hydrogen) atoms. The summed E-state index contributed by atoms with van der Waals surface area (Å²) in [5, 5.41) is 16.2. The summed E-state index contributed by atoms with van der Waals surface area (Å²) < 4.78 is 34.4. The Morgan fingerprint density at radius 1 is 1.17 bits per heavy atom. The Hall–Kier alpha value is -2.86. The van der Waals surface area contributed by atoms with Crippen LogP contribution in [0, 0.1) is 5.92 Å². The highest BCUT2D eigenvalue weighted by Gasteiger charge is 2.33. The molecule has 0 spiro atoms. The molecule has 1 saturated carbocycles. The van der Waals surface area contributed by atoms with Gasteiger partial charge in [0, 0.05) is 41.8 Å². The van der Waals surface area contributed by atoms with Gasteiger partial charge in [-0.25, -0.2) is 13.2 Å². The molecule has 1 fully saturated rings. The number of sulfonamides is 1. The van der Waals surface area contributed by atoms with E-state index in [0.717, 1.165) is 25.7 Å². The number of fused-ring (bicyclic) bond motifs is 1. The van der Waals surface area contributed by atoms with E-state index < -0.39 is 22.2 Å². The van der Waals surface area contributed by atoms with Crippen molar-refractivity contribution in [2.45, 2.75) is 75.5 Å². The highest BCUT2D eigenvalue weighted by atomic mass is 35.5. The maximum absolute atomic E-state index is 13.5. The minimum Gasteiger partial charge on any atom is -0.488 e. The van der Waals surface area contributed by atoms with Gasteiger partial charge in [-0.1, -0.05) is 37.8 Å². The Labute approximate surface area is 253 Å². The lowest BCUT2D eigenvalue weighted by Gasteiger charge is -2.33. The number of aliphatic hydroxyl groups excluding tert-OH is 1. The van der Waals surface area contributed by atoms with E-state index in [9.17, 15) is 23.1 Å². The van der Waals surface area contributed by atoms with Crippen LogP contribution in [0.5, 0.6) is 5.75 Å². The fourth-order valence-electron chi connectivity index (χ4n) is 5.46. The fourth-order valence-corrected chi connectivity index (χ4v) is 6.77. The smallest absolute Gasteiger partial charge is 0.319 e. The van der Waals surface area contributed by atoms with Crippen LogP contribution in [-0.4, -0.2) is 79.6 Å². The third-order valence-corrected chi connectivity index (χ3v) is 10.2. The van der Waals surface area contributed by atoms with Crippen molar-refractivity contribution in [1.29, 1.82) is 0 Å². The second kappa shape index (κ2) is 14.1. The number of nitrogens with one attached hydrogen (secondary N) is 2. The molecular weight excluding hydrogens is 580 g/mol. The lowest BCUT2D eigenvalue weighted by molar-refractivity contribution is -0.134. The summed E-state index contributed by atoms with van der Waals surface area (Å²) >= 11 is 5.95. The van der Waals surface area contributed by atoms with Gasteiger partial charge in [-0.05, 0) is 62.2 Å². The van der Waals surface area contributed by atoms with Crippen molar-refractivity contribution in [3.8, 4) is 5.75 Å². The number of nitrogens with zero attached hydrogens (tertiary/aromatic N) is 2. The zero-order chi connectivity index (χ0) is 30.4. The molecule has 4 rings (SSSR count). The molecule has 0 aromatic heterocycles. The largest absolute Gasteiger partial charge is 0.488 e. The number of amides is 3. The van der Waals surface area contributed by atoms with E-state index in [1.54, 1.807) is 30.0 Å². The zero-order valence-electron chi connectivity index (χ0n) is 24.4. The van der Waals surface area contributed by atoms with Crippen molar-refractivity contribution in [2.24, 2.45) is 5.92 Å². The Morgan fingerprint density at radius 2 is 1.86 bits per heavy atom. The van der Waals surface area contributed by atoms with Gasteiger partial charge in [0.05, 0.1) is 30.5 Å². The molecular formula is C30H41ClN4O6S. The van der Waals surface area contributed by atoms with Gasteiger partial charge < -0.3 is 25.4 Å². The fraction of sp³-hybridized carbons (Fsp3) is 0.533. The SMILES string of the molecule is C[C@@H]1CN([C@@H](C)CO)C(=O)Cc2cc(NC(=O)NC3CCCCC3)ccc2O[C@@H]1CN(C)S(=O)(=O)c1ccc(Cl)cc1. The van der Waals surface area contributed by atoms with Gasteiger partial charge >= 0.3 is 6.03 Å². The first kappa shape index (κ1) is 32.1. The van der Waals surface area contributed by atoms with Gasteiger partial charge in [0.1, 0.15) is 11.9 Å². The van der Waals surface area contributed by atoms with Crippen LogP contribution < -0.4 is 15.4 Å². The average molecular weight is 621 g/mol. The molecule has 3 atom stereocenters. The van der Waals surface area contributed by atoms with Crippen LogP contribution in [0.1, 0.15) is 51.5 Å². The Morgan fingerprint density at radius 3 is 2.52 bits per heavy atom. The molecule has 1 heterocycles. The van der Waals surface area contributed by atoms with Crippen LogP contribution in [0.2, 0.25) is 5.02 Å². The molecule has 0 radical (unpaired) electrons. The van der Waals surface area contributed by atoms with Gasteiger partial charge in [-0.3, -0.25) is 4.79 Å². The normalized spacial score (nSPS) is 21.0. The van der Waals surface area contributed by atoms with Crippen molar-refractivity contribution in [2.75, 3.05) is 32.1 Å². The average Bonchev–Trinajstić information content (AvgIpc) is 3.00. The van der Waals surface area contributed by atoms with Crippen molar-refractivity contribution >= 4 is 39.2 Å². The van der Waals surface area contributed by atoms with E-state index >= 15 is 0 Å². The van der Waals surface area contributed by atoms with Gasteiger partial charge in [0.15, 0.2) is 0 Å². The molecule has 0 unspecified atom stereocenters. The number of carbonyl (C=O) groups is 2. The minimum absolute atomic E-state index is 0.00219. The highest BCUT2D eigenvalue weighted by molar-refractivity contribution is 7.89. The van der Waals surface area contributed by atoms with Crippen LogP contribution in [0.15, 0.2) is 47.4 Å². The molecule has 2 aliphatic rings. The number of ether oxygens (including phenoxy) is 1. The van der Waals surface area contributed by atoms with Crippen LogP contribution in [0.25, 0.3) is 0 Å². The highest BCUT2D eigenvalue weighted by Crippen LogP contribution is 2.30. The molecule has 1 aliphatic heterocycles. The first-order chi connectivity index (χ1) is 20.0. The molecule has 3 N–H and O–H groups in total. The number of urea groups is 1. The lowest BCUT2D eigenvalue weighted by atomic mass is 9.96. The third-order valence-electron chi connectivity index (χ3n) is 8.07. The molecule has 10 nitrogen and oxygen atoms in total. The molecule has 230 valence electrons. The number of halogens is 1. The van der Waals surface area contributed by atoms with Gasteiger partial charge in [-0.15, -0.1) is 0 Å². The Balaban J connectivity index is 1.59. The second-order valence-electron chi connectivity index (χ2n) is 11.4. The van der Waals surface area contributed by atoms with E-state index in [1.807, 2.05) is 6.92 Å². The van der Waals surface area contributed by atoms with E-state index in [1.165, 1.54) is 42.0 Å². The van der Waals surface area contributed by atoms with Crippen LogP contribution in [0.4, 0.5) is 10.5 Å². The van der Waals surface area contributed by atoms with E-state index in [0.29, 0.717) is 22.0 Å². The second-order valence-corrected chi connectivity index (χ2v) is 13.9. The monoisotopic (exact) mass is 620 g/mol. The maximum Gasteiger partial charge on any atom is 0.319 e. The molecule has 0 bridgehead atoms. The number of anilines is 1. The molecule has 3 amide bonds. The van der Waals surface area contributed by atoms with Gasteiger partial charge in [-0.2, -0.15) is 4.31 Å². The number of aliphatic hydroxyl groups is 1. The standard InChI is InChI=1S/C30H41ClN4O6S/c1-20-17-35(21(2)19-36)29(37)16-22-15-25(33-30(38)32-24-7-5-4-6-8-24)11-14-27(22)41-28(20)18-34(3)42(39,40)26-12-9-23(31)10-13-26/h9-15,20-21,24,28,36H,4-8,16-19H2,1-3H3,(H2,32,33,38)/t20-,21+,28-/m1/s1. The Bertz CT molecular complexity index is 1350. The van der Waals surface area contributed by atoms with Crippen molar-refractivity contribution in [3.05, 3.63) is 53.1 Å². The van der Waals surface area contributed by atoms with Crippen LogP contribution in [0.3, 0.4) is 0 Å². The van der Waals surface area contributed by atoms with Crippen molar-refractivity contribution in [3.63, 3.8) is 0 Å². The maximum atomic E-state index is 13.5. The number of benzene rings is 2. The van der Waals surface area contributed by atoms with Crippen LogP contribution >= 0.6 is 11.6 Å². The van der Waals surface area contributed by atoms with Gasteiger partial charge in [0.2, 0.25) is 15.9 Å². The number of hydrogen-bond donors (Lipinski definition) is 3. The summed E-state index contributed by atoms with van der Waals surface area (Å²) in [6.07, 6.45) is 4.68. The van der Waals surface area contributed by atoms with E-state index in [4.69, 9.17) is 16.3 Å². The zero-order valence-corrected chi connectivity index (χ0v) is 26.0. The quantitative estimate of drug-likeness (QED) is 0.405. The minimum atomic E-state index is -3.84. The summed E-state index contributed by atoms with van der Waals surface area (Å²) in [4.78, 5) is 27.9. The predicted molar refractivity (Wildman–Crippen MR) is 162 cm³/mol. The number of rotatable bonds is 8. The number of carbonyl (C=O) groups excluding carboxylic acids is 2. The topological polar surface area (TPSA) is 128 Å². The lowest BCUT2D eigenvalue weighted by Crippen LogP contribution is -2.48. The van der Waals surface area contributed by atoms with Gasteiger partial charge in [0.25, 0.3) is 0 Å². The predicted octanol–water partition coefficient (Wildman–Crippen LogP) is 4.26. The molecule has 12 heteroatoms. The number of hydrogen-bond acceptors (Lipinski definition) is 6. The molecule has 2 aromatic carbocycles. The van der Waals surface area contributed by atoms with Crippen molar-refractivity contribution in [1.82, 2.24) is 14.5 Å². The summed E-state index contributed by atoms with van der Waals surface area (Å²) in [6, 6.07) is 10.5. The number of likely N-dealkylation sites (N-methyl/N-ethyl adjacent to an activating group) is 1. The summed E-state index contributed by atoms with van der Waals surface area (Å²) in [5.41, 5.74) is 1.08. The summed E-state index contributed by atoms with van der Waals surface area (Å²) in [5.74, 6) is -0.0371. The first-order valence-corrected chi connectivity index (χ1v) is 16.3. The summed E-state index contributed by atoms with van der Waals surface area (Å²) in [6.45, 7) is 3.73. The van der Waals surface area contributed by atoms with E-state index in [2.05, 4.69) is 10.6 Å². The summed E-state index contributed by atoms with van der Waals surface area (Å²) in [7, 11) is -2.35. The Kier molecular flexibility index (Phi) is 10.7. The molecule has 1 aliphatic carbocycles.